The van der Waals surface area contributed by atoms with E-state index >= 15 is 0 Å². The number of carbonyl (C=O) groups is 3. The van der Waals surface area contributed by atoms with Gasteiger partial charge in [-0.15, -0.1) is 0 Å². The number of hydrogen-bond donors (Lipinski definition) is 4. The van der Waals surface area contributed by atoms with Crippen molar-refractivity contribution in [2.24, 2.45) is 11.7 Å². The van der Waals surface area contributed by atoms with Crippen molar-refractivity contribution in [3.05, 3.63) is 60.2 Å². The Hall–Kier alpha value is -3.08. The number of nitrogens with one attached hydrogen (secondary N) is 2. The van der Waals surface area contributed by atoms with Gasteiger partial charge in [-0.25, -0.2) is 0 Å². The molecule has 238 valence electrons. The second-order valence-corrected chi connectivity index (χ2v) is 12.3. The number of esters is 2. The first-order valence-electron chi connectivity index (χ1n) is 14.8. The van der Waals surface area contributed by atoms with E-state index in [1.807, 2.05) is 54.6 Å². The summed E-state index contributed by atoms with van der Waals surface area (Å²) in [6.45, 7) is 5.93. The summed E-state index contributed by atoms with van der Waals surface area (Å²) in [5, 5.41) is 5.55. The Balaban J connectivity index is 2.05. The van der Waals surface area contributed by atoms with Gasteiger partial charge >= 0.3 is 19.5 Å². The van der Waals surface area contributed by atoms with Gasteiger partial charge in [0, 0.05) is 18.9 Å². The number of unbranched alkanes of at least 4 members (excludes halogenated alkanes) is 2. The maximum Gasteiger partial charge on any atom is 0.344 e. The smallest absolute Gasteiger partial charge is 0.344 e. The highest BCUT2D eigenvalue weighted by Gasteiger charge is 2.31. The van der Waals surface area contributed by atoms with Gasteiger partial charge < -0.3 is 25.4 Å². The lowest BCUT2D eigenvalue weighted by molar-refractivity contribution is -0.170. The first kappa shape index (κ1) is 36.1. The summed E-state index contributed by atoms with van der Waals surface area (Å²) >= 11 is 0. The van der Waals surface area contributed by atoms with Crippen LogP contribution in [0, 0.1) is 5.92 Å². The molecular formula is C31H46N3O8P. The Morgan fingerprint density at radius 3 is 2.26 bits per heavy atom. The van der Waals surface area contributed by atoms with Gasteiger partial charge in [0.15, 0.2) is 0 Å². The number of hydrogen-bond acceptors (Lipinski definition) is 9. The Morgan fingerprint density at radius 1 is 0.953 bits per heavy atom. The molecule has 0 saturated carbocycles. The second-order valence-electron chi connectivity index (χ2n) is 10.5. The zero-order valence-electron chi connectivity index (χ0n) is 25.3. The van der Waals surface area contributed by atoms with E-state index < -0.39 is 44.1 Å². The summed E-state index contributed by atoms with van der Waals surface area (Å²) < 4.78 is 28.6. The highest BCUT2D eigenvalue weighted by atomic mass is 31.2. The van der Waals surface area contributed by atoms with Gasteiger partial charge in [-0.3, -0.25) is 28.8 Å². The summed E-state index contributed by atoms with van der Waals surface area (Å²) in [5.74, 6) is -1.82. The maximum absolute atomic E-state index is 13.2. The molecular weight excluding hydrogens is 573 g/mol. The lowest BCUT2D eigenvalue weighted by Crippen LogP contribution is -2.46. The van der Waals surface area contributed by atoms with Crippen LogP contribution < -0.4 is 16.4 Å². The van der Waals surface area contributed by atoms with E-state index in [4.69, 9.17) is 19.7 Å². The minimum Gasteiger partial charge on any atom is -0.466 e. The average molecular weight is 620 g/mol. The first-order valence-corrected chi connectivity index (χ1v) is 16.5. The van der Waals surface area contributed by atoms with Crippen molar-refractivity contribution in [2.75, 3.05) is 26.0 Å². The SMILES string of the molecule is CCC(=O)OC(OP(=O)(O)CNC(Cc1ccc(-c2ccccc2)cc1)C(=O)NCCC(=O)OCCCCCN)C(C)C. The molecule has 0 aromatic heterocycles. The number of benzene rings is 2. The molecule has 12 heteroatoms. The average Bonchev–Trinajstić information content (AvgIpc) is 2.99. The third kappa shape index (κ3) is 14.3. The Morgan fingerprint density at radius 2 is 1.63 bits per heavy atom. The van der Waals surface area contributed by atoms with Crippen molar-refractivity contribution in [1.29, 1.82) is 0 Å². The Labute approximate surface area is 254 Å². The number of rotatable bonds is 20. The van der Waals surface area contributed by atoms with Crippen LogP contribution >= 0.6 is 7.60 Å². The van der Waals surface area contributed by atoms with Crippen LogP contribution in [0.15, 0.2) is 54.6 Å². The van der Waals surface area contributed by atoms with Gasteiger partial charge in [-0.05, 0) is 48.9 Å². The predicted molar refractivity (Wildman–Crippen MR) is 165 cm³/mol. The fourth-order valence-electron chi connectivity index (χ4n) is 3.97. The summed E-state index contributed by atoms with van der Waals surface area (Å²) in [7, 11) is -4.33. The molecule has 3 atom stereocenters. The molecule has 1 amide bonds. The molecule has 43 heavy (non-hydrogen) atoms. The molecule has 5 N–H and O–H groups in total. The van der Waals surface area contributed by atoms with Crippen LogP contribution in [0.2, 0.25) is 0 Å². The highest BCUT2D eigenvalue weighted by Crippen LogP contribution is 2.43. The van der Waals surface area contributed by atoms with E-state index in [0.717, 1.165) is 36.0 Å². The number of ether oxygens (including phenoxy) is 2. The van der Waals surface area contributed by atoms with Crippen LogP contribution in [0.4, 0.5) is 0 Å². The van der Waals surface area contributed by atoms with E-state index in [1.54, 1.807) is 20.8 Å². The van der Waals surface area contributed by atoms with E-state index in [9.17, 15) is 23.8 Å². The van der Waals surface area contributed by atoms with Crippen LogP contribution in [0.3, 0.4) is 0 Å². The van der Waals surface area contributed by atoms with Crippen LogP contribution in [0.25, 0.3) is 11.1 Å². The van der Waals surface area contributed by atoms with Crippen LogP contribution in [-0.4, -0.2) is 61.1 Å². The van der Waals surface area contributed by atoms with Gasteiger partial charge in [0.05, 0.1) is 25.4 Å². The summed E-state index contributed by atoms with van der Waals surface area (Å²) in [6, 6.07) is 16.6. The molecule has 0 heterocycles. The van der Waals surface area contributed by atoms with Crippen molar-refractivity contribution in [1.82, 2.24) is 10.6 Å². The number of amides is 1. The molecule has 0 saturated heterocycles. The van der Waals surface area contributed by atoms with Crippen molar-refractivity contribution >= 4 is 25.4 Å². The van der Waals surface area contributed by atoms with E-state index in [1.165, 1.54) is 0 Å². The Bertz CT molecular complexity index is 1180. The molecule has 2 aromatic rings. The van der Waals surface area contributed by atoms with Crippen molar-refractivity contribution in [2.45, 2.75) is 71.6 Å². The molecule has 3 unspecified atom stereocenters. The maximum atomic E-state index is 13.2. The molecule has 0 bridgehead atoms. The fourth-order valence-corrected chi connectivity index (χ4v) is 5.10. The normalized spacial score (nSPS) is 14.0. The van der Waals surface area contributed by atoms with Crippen molar-refractivity contribution < 1.29 is 37.8 Å². The quantitative estimate of drug-likeness (QED) is 0.0733. The van der Waals surface area contributed by atoms with E-state index in [-0.39, 0.29) is 31.7 Å². The molecule has 0 fully saturated rings. The van der Waals surface area contributed by atoms with Gasteiger partial charge in [0.25, 0.3) is 0 Å². The molecule has 0 aliphatic heterocycles. The zero-order valence-corrected chi connectivity index (χ0v) is 26.2. The monoisotopic (exact) mass is 619 g/mol. The molecule has 0 spiro atoms. The molecule has 0 radical (unpaired) electrons. The lowest BCUT2D eigenvalue weighted by Gasteiger charge is -2.25. The van der Waals surface area contributed by atoms with Crippen molar-refractivity contribution in [3.8, 4) is 11.1 Å². The van der Waals surface area contributed by atoms with Gasteiger partial charge in [-0.1, -0.05) is 75.4 Å². The van der Waals surface area contributed by atoms with Crippen LogP contribution in [0.1, 0.15) is 58.4 Å². The molecule has 11 nitrogen and oxygen atoms in total. The zero-order chi connectivity index (χ0) is 31.7. The largest absolute Gasteiger partial charge is 0.466 e. The number of carbonyl (C=O) groups excluding carboxylic acids is 3. The molecule has 2 aromatic carbocycles. The van der Waals surface area contributed by atoms with E-state index in [0.29, 0.717) is 13.2 Å². The third-order valence-electron chi connectivity index (χ3n) is 6.44. The van der Waals surface area contributed by atoms with Crippen molar-refractivity contribution in [3.63, 3.8) is 0 Å². The van der Waals surface area contributed by atoms with Gasteiger partial charge in [0.2, 0.25) is 12.2 Å². The third-order valence-corrected chi connectivity index (χ3v) is 7.56. The fraction of sp³-hybridized carbons (Fsp3) is 0.516. The molecule has 0 aliphatic rings. The Kier molecular flexibility index (Phi) is 16.2. The highest BCUT2D eigenvalue weighted by molar-refractivity contribution is 7.52. The lowest BCUT2D eigenvalue weighted by atomic mass is 10.0. The van der Waals surface area contributed by atoms with Gasteiger partial charge in [-0.2, -0.15) is 0 Å². The number of nitrogens with two attached hydrogens (primary N) is 1. The second kappa shape index (κ2) is 19.2. The topological polar surface area (TPSA) is 166 Å². The summed E-state index contributed by atoms with van der Waals surface area (Å²) in [5.41, 5.74) is 8.34. The van der Waals surface area contributed by atoms with Gasteiger partial charge in [0.1, 0.15) is 0 Å². The first-order chi connectivity index (χ1) is 20.5. The standard InChI is InChI=1S/C31H46N3O8P/c1-4-28(35)41-31(23(2)3)42-43(38,39)22-34-27(30(37)33-19-17-29(36)40-20-10-6-9-18-32)21-24-13-15-26(16-14-24)25-11-7-5-8-12-25/h5,7-8,11-16,23,27,31,34H,4,6,9-10,17-22,32H2,1-3H3,(H,33,37)(H,38,39). The predicted octanol–water partition coefficient (Wildman–Crippen LogP) is 4.13. The minimum atomic E-state index is -4.33. The molecule has 0 aliphatic carbocycles. The van der Waals surface area contributed by atoms with Crippen LogP contribution in [-0.2, 0) is 39.4 Å². The summed E-state index contributed by atoms with van der Waals surface area (Å²) in [6.07, 6.45) is 0.959. The van der Waals surface area contributed by atoms with Crippen LogP contribution in [0.5, 0.6) is 0 Å². The molecule has 2 rings (SSSR count). The minimum absolute atomic E-state index is 0.0123. The summed E-state index contributed by atoms with van der Waals surface area (Å²) in [4.78, 5) is 47.5. The van der Waals surface area contributed by atoms with E-state index in [2.05, 4.69) is 10.6 Å².